The monoisotopic (exact) mass is 346 g/mol. The van der Waals surface area contributed by atoms with E-state index in [1.54, 1.807) is 39.0 Å². The average molecular weight is 347 g/mol. The fourth-order valence-corrected chi connectivity index (χ4v) is 2.11. The Bertz CT molecular complexity index is 556. The third-order valence-corrected chi connectivity index (χ3v) is 3.14. The first-order chi connectivity index (χ1) is 10.1. The van der Waals surface area contributed by atoms with E-state index in [0.717, 1.165) is 0 Å². The van der Waals surface area contributed by atoms with Crippen LogP contribution in [0.4, 0.5) is 10.5 Å². The molecule has 0 saturated heterocycles. The maximum absolute atomic E-state index is 11.8. The number of alkyl carbamates (subject to hydrolysis) is 1. The molecule has 0 aromatic heterocycles. The molecule has 0 fully saturated rings. The second kappa shape index (κ2) is 7.70. The lowest BCUT2D eigenvalue weighted by Gasteiger charge is -2.24. The molecule has 2 amide bonds. The van der Waals surface area contributed by atoms with Crippen LogP contribution in [0, 0.1) is 0 Å². The summed E-state index contributed by atoms with van der Waals surface area (Å²) in [5.41, 5.74) is -0.0618. The minimum absolute atomic E-state index is 0.199. The van der Waals surface area contributed by atoms with Crippen molar-refractivity contribution in [2.75, 3.05) is 18.0 Å². The van der Waals surface area contributed by atoms with Crippen LogP contribution in [0.25, 0.3) is 0 Å². The van der Waals surface area contributed by atoms with E-state index < -0.39 is 11.7 Å². The number of nitrogens with zero attached hydrogens (tertiary/aromatic N) is 1. The van der Waals surface area contributed by atoms with Gasteiger partial charge in [-0.15, -0.1) is 0 Å². The Kier molecular flexibility index (Phi) is 6.50. The number of ether oxygens (including phenoxy) is 1. The van der Waals surface area contributed by atoms with Gasteiger partial charge in [0, 0.05) is 25.0 Å². The molecule has 0 saturated carbocycles. The third kappa shape index (κ3) is 6.12. The molecule has 0 aliphatic rings. The van der Waals surface area contributed by atoms with Crippen molar-refractivity contribution in [3.05, 3.63) is 28.2 Å². The molecule has 1 rings (SSSR count). The van der Waals surface area contributed by atoms with Gasteiger partial charge in [-0.25, -0.2) is 4.79 Å². The zero-order chi connectivity index (χ0) is 16.9. The highest BCUT2D eigenvalue weighted by Gasteiger charge is 2.18. The van der Waals surface area contributed by atoms with Crippen molar-refractivity contribution in [3.63, 3.8) is 0 Å². The van der Waals surface area contributed by atoms with Crippen molar-refractivity contribution in [1.29, 1.82) is 0 Å². The summed E-state index contributed by atoms with van der Waals surface area (Å²) in [5.74, 6) is -0.199. The van der Waals surface area contributed by atoms with Crippen LogP contribution in [-0.4, -0.2) is 30.7 Å². The molecule has 0 heterocycles. The summed E-state index contributed by atoms with van der Waals surface area (Å²) < 4.78 is 5.13. The van der Waals surface area contributed by atoms with Gasteiger partial charge in [0.1, 0.15) is 5.60 Å². The summed E-state index contributed by atoms with van der Waals surface area (Å²) in [6.45, 7) is 7.25. The number of anilines is 1. The third-order valence-electron chi connectivity index (χ3n) is 2.58. The quantitative estimate of drug-likeness (QED) is 0.899. The van der Waals surface area contributed by atoms with Crippen LogP contribution in [-0.2, 0) is 9.53 Å². The van der Waals surface area contributed by atoms with Crippen LogP contribution >= 0.6 is 23.2 Å². The normalized spacial score (nSPS) is 11.0. The molecule has 0 aliphatic heterocycles. The topological polar surface area (TPSA) is 58.6 Å². The van der Waals surface area contributed by atoms with E-state index in [9.17, 15) is 9.59 Å². The molecule has 22 heavy (non-hydrogen) atoms. The Hall–Kier alpha value is -1.46. The van der Waals surface area contributed by atoms with Crippen LogP contribution in [0.3, 0.4) is 0 Å². The zero-order valence-electron chi connectivity index (χ0n) is 13.1. The molecule has 7 heteroatoms. The molecule has 122 valence electrons. The molecule has 0 bridgehead atoms. The first-order valence-corrected chi connectivity index (χ1v) is 7.56. The lowest BCUT2D eigenvalue weighted by molar-refractivity contribution is -0.116. The number of nitrogens with one attached hydrogen (secondary N) is 1. The van der Waals surface area contributed by atoms with E-state index in [1.807, 2.05) is 0 Å². The summed E-state index contributed by atoms with van der Waals surface area (Å²) >= 11 is 12.0. The first-order valence-electron chi connectivity index (χ1n) is 6.80. The molecule has 0 radical (unpaired) electrons. The van der Waals surface area contributed by atoms with Crippen molar-refractivity contribution in [3.8, 4) is 0 Å². The number of hydrogen-bond donors (Lipinski definition) is 1. The smallest absolute Gasteiger partial charge is 0.407 e. The lowest BCUT2D eigenvalue weighted by Crippen LogP contribution is -2.39. The summed E-state index contributed by atoms with van der Waals surface area (Å²) in [6.07, 6.45) is -0.534. The maximum atomic E-state index is 11.8. The van der Waals surface area contributed by atoms with Gasteiger partial charge >= 0.3 is 6.09 Å². The predicted octanol–water partition coefficient (Wildman–Crippen LogP) is 3.87. The second-order valence-corrected chi connectivity index (χ2v) is 6.54. The van der Waals surface area contributed by atoms with E-state index in [1.165, 1.54) is 11.8 Å². The molecule has 1 aromatic rings. The van der Waals surface area contributed by atoms with E-state index in [4.69, 9.17) is 27.9 Å². The van der Waals surface area contributed by atoms with Gasteiger partial charge in [-0.2, -0.15) is 0 Å². The number of benzene rings is 1. The van der Waals surface area contributed by atoms with Crippen molar-refractivity contribution in [2.45, 2.75) is 33.3 Å². The van der Waals surface area contributed by atoms with Gasteiger partial charge in [0.15, 0.2) is 0 Å². The van der Waals surface area contributed by atoms with Crippen LogP contribution in [0.1, 0.15) is 27.7 Å². The SMILES string of the molecule is CC(=O)N(CCNC(=O)OC(C)(C)C)c1cc(Cl)ccc1Cl. The molecule has 5 nitrogen and oxygen atoms in total. The summed E-state index contributed by atoms with van der Waals surface area (Å²) in [7, 11) is 0. The van der Waals surface area contributed by atoms with Gasteiger partial charge in [0.05, 0.1) is 10.7 Å². The Morgan fingerprint density at radius 2 is 1.91 bits per heavy atom. The van der Waals surface area contributed by atoms with Gasteiger partial charge in [-0.1, -0.05) is 23.2 Å². The molecular weight excluding hydrogens is 327 g/mol. The molecule has 1 N–H and O–H groups in total. The number of carbonyl (C=O) groups is 2. The van der Waals surface area contributed by atoms with Crippen molar-refractivity contribution in [1.82, 2.24) is 5.32 Å². The largest absolute Gasteiger partial charge is 0.444 e. The number of rotatable bonds is 4. The minimum atomic E-state index is -0.569. The zero-order valence-corrected chi connectivity index (χ0v) is 14.6. The Morgan fingerprint density at radius 1 is 1.27 bits per heavy atom. The fraction of sp³-hybridized carbons (Fsp3) is 0.467. The molecule has 1 aromatic carbocycles. The average Bonchev–Trinajstić information content (AvgIpc) is 2.35. The van der Waals surface area contributed by atoms with Gasteiger partial charge < -0.3 is 15.0 Å². The van der Waals surface area contributed by atoms with Crippen LogP contribution in [0.5, 0.6) is 0 Å². The molecule has 0 spiro atoms. The number of hydrogen-bond acceptors (Lipinski definition) is 3. The lowest BCUT2D eigenvalue weighted by atomic mass is 10.2. The number of halogens is 2. The standard InChI is InChI=1S/C15H20Cl2N2O3/c1-10(20)19(13-9-11(16)5-6-12(13)17)8-7-18-14(21)22-15(2,3)4/h5-6,9H,7-8H2,1-4H3,(H,18,21). The van der Waals surface area contributed by atoms with E-state index >= 15 is 0 Å². The highest BCUT2D eigenvalue weighted by Crippen LogP contribution is 2.29. The van der Waals surface area contributed by atoms with Crippen molar-refractivity contribution >= 4 is 40.9 Å². The molecule has 0 unspecified atom stereocenters. The van der Waals surface area contributed by atoms with Gasteiger partial charge in [-0.3, -0.25) is 4.79 Å². The van der Waals surface area contributed by atoms with Crippen LogP contribution in [0.15, 0.2) is 18.2 Å². The maximum Gasteiger partial charge on any atom is 0.407 e. The van der Waals surface area contributed by atoms with Gasteiger partial charge in [0.2, 0.25) is 5.91 Å². The highest BCUT2D eigenvalue weighted by molar-refractivity contribution is 6.35. The highest BCUT2D eigenvalue weighted by atomic mass is 35.5. The van der Waals surface area contributed by atoms with Crippen molar-refractivity contribution in [2.24, 2.45) is 0 Å². The second-order valence-electron chi connectivity index (χ2n) is 5.70. The van der Waals surface area contributed by atoms with Gasteiger partial charge in [0.25, 0.3) is 0 Å². The molecule has 0 aliphatic carbocycles. The Balaban J connectivity index is 2.69. The summed E-state index contributed by atoms with van der Waals surface area (Å²) in [4.78, 5) is 24.8. The predicted molar refractivity (Wildman–Crippen MR) is 88.7 cm³/mol. The fourth-order valence-electron chi connectivity index (χ4n) is 1.72. The van der Waals surface area contributed by atoms with E-state index in [2.05, 4.69) is 5.32 Å². The van der Waals surface area contributed by atoms with Crippen LogP contribution < -0.4 is 10.2 Å². The first kappa shape index (κ1) is 18.6. The summed E-state index contributed by atoms with van der Waals surface area (Å²) in [6, 6.07) is 4.87. The van der Waals surface area contributed by atoms with Gasteiger partial charge in [-0.05, 0) is 39.0 Å². The van der Waals surface area contributed by atoms with E-state index in [-0.39, 0.29) is 19.0 Å². The molecule has 0 atom stereocenters. The van der Waals surface area contributed by atoms with Crippen molar-refractivity contribution < 1.29 is 14.3 Å². The number of amides is 2. The van der Waals surface area contributed by atoms with Crippen LogP contribution in [0.2, 0.25) is 10.0 Å². The Morgan fingerprint density at radius 3 is 2.45 bits per heavy atom. The summed E-state index contributed by atoms with van der Waals surface area (Å²) in [5, 5.41) is 3.49. The Labute approximate surface area is 140 Å². The number of carbonyl (C=O) groups excluding carboxylic acids is 2. The minimum Gasteiger partial charge on any atom is -0.444 e. The molecular formula is C15H20Cl2N2O3. The van der Waals surface area contributed by atoms with E-state index in [0.29, 0.717) is 15.7 Å².